The Morgan fingerprint density at radius 2 is 1.81 bits per heavy atom. The summed E-state index contributed by atoms with van der Waals surface area (Å²) < 4.78 is 11.4. The highest BCUT2D eigenvalue weighted by atomic mass is 35.5. The average molecular weight is 517 g/mol. The maximum Gasteiger partial charge on any atom is 0.300 e. The molecule has 1 N–H and O–H groups in total. The second-order valence-electron chi connectivity index (χ2n) is 8.64. The summed E-state index contributed by atoms with van der Waals surface area (Å²) in [5, 5.41) is 20.8. The van der Waals surface area contributed by atoms with Crippen molar-refractivity contribution in [2.45, 2.75) is 32.9 Å². The third-order valence-electron chi connectivity index (χ3n) is 5.77. The van der Waals surface area contributed by atoms with E-state index in [1.54, 1.807) is 60.7 Å². The van der Waals surface area contributed by atoms with Gasteiger partial charge < -0.3 is 14.6 Å². The fourth-order valence-corrected chi connectivity index (χ4v) is 4.44. The molecule has 0 radical (unpaired) electrons. The molecular formula is C29H25ClN2O5. The van der Waals surface area contributed by atoms with Crippen LogP contribution in [0.4, 0.5) is 5.69 Å². The predicted molar refractivity (Wildman–Crippen MR) is 141 cm³/mol. The molecule has 1 atom stereocenters. The van der Waals surface area contributed by atoms with Gasteiger partial charge in [0.2, 0.25) is 0 Å². The molecule has 7 nitrogen and oxygen atoms in total. The van der Waals surface area contributed by atoms with Gasteiger partial charge in [0.1, 0.15) is 17.3 Å². The highest BCUT2D eigenvalue weighted by Crippen LogP contribution is 2.44. The maximum absolute atomic E-state index is 13.4. The Bertz CT molecular complexity index is 1420. The molecule has 188 valence electrons. The zero-order valence-electron chi connectivity index (χ0n) is 20.6. The zero-order valence-corrected chi connectivity index (χ0v) is 21.3. The van der Waals surface area contributed by atoms with E-state index >= 15 is 0 Å². The van der Waals surface area contributed by atoms with Gasteiger partial charge in [0.15, 0.2) is 0 Å². The molecule has 1 unspecified atom stereocenters. The molecule has 8 heteroatoms. The van der Waals surface area contributed by atoms with Crippen molar-refractivity contribution in [3.8, 4) is 17.6 Å². The molecule has 37 heavy (non-hydrogen) atoms. The molecule has 0 aromatic heterocycles. The quantitative estimate of drug-likeness (QED) is 0.234. The molecule has 0 bridgehead atoms. The fraction of sp³-hybridized carbons (Fsp3) is 0.207. The van der Waals surface area contributed by atoms with Crippen LogP contribution in [-0.4, -0.2) is 29.5 Å². The van der Waals surface area contributed by atoms with Crippen molar-refractivity contribution in [3.05, 3.63) is 94.0 Å². The van der Waals surface area contributed by atoms with E-state index in [0.29, 0.717) is 34.9 Å². The van der Waals surface area contributed by atoms with E-state index in [4.69, 9.17) is 21.1 Å². The standard InChI is InChI=1S/C29H25ClN2O5/c1-4-36-21-12-13-24(30)23(15-21)27(33)25-26(19-6-5-7-22(14-19)37-17(2)3)32(29(35)28(25)34)20-10-8-18(16-31)9-11-20/h5-15,17,26,33H,4H2,1-3H3/b27-25+. The summed E-state index contributed by atoms with van der Waals surface area (Å²) in [4.78, 5) is 28.1. The molecule has 1 fully saturated rings. The van der Waals surface area contributed by atoms with Crippen molar-refractivity contribution in [2.24, 2.45) is 0 Å². The normalized spacial score (nSPS) is 16.6. The predicted octanol–water partition coefficient (Wildman–Crippen LogP) is 6.02. The molecule has 1 amide bonds. The van der Waals surface area contributed by atoms with Crippen LogP contribution >= 0.6 is 11.6 Å². The van der Waals surface area contributed by atoms with Gasteiger partial charge in [0.05, 0.1) is 41.0 Å². The Morgan fingerprint density at radius 1 is 1.08 bits per heavy atom. The van der Waals surface area contributed by atoms with Crippen LogP contribution < -0.4 is 14.4 Å². The van der Waals surface area contributed by atoms with E-state index in [1.807, 2.05) is 26.8 Å². The number of amides is 1. The lowest BCUT2D eigenvalue weighted by molar-refractivity contribution is -0.132. The van der Waals surface area contributed by atoms with E-state index in [2.05, 4.69) is 0 Å². The van der Waals surface area contributed by atoms with Gasteiger partial charge in [0, 0.05) is 11.3 Å². The summed E-state index contributed by atoms with van der Waals surface area (Å²) in [6, 6.07) is 19.1. The van der Waals surface area contributed by atoms with Crippen LogP contribution in [0, 0.1) is 11.3 Å². The van der Waals surface area contributed by atoms with E-state index in [-0.39, 0.29) is 22.3 Å². The van der Waals surface area contributed by atoms with Crippen LogP contribution in [0.25, 0.3) is 5.76 Å². The summed E-state index contributed by atoms with van der Waals surface area (Å²) >= 11 is 6.41. The molecule has 4 rings (SSSR count). The number of Topliss-reactive ketones (excluding diaryl/α,β-unsaturated/α-hetero) is 1. The number of nitriles is 1. The summed E-state index contributed by atoms with van der Waals surface area (Å²) in [7, 11) is 0. The number of carbonyl (C=O) groups excluding carboxylic acids is 2. The van der Waals surface area contributed by atoms with Gasteiger partial charge >= 0.3 is 0 Å². The summed E-state index contributed by atoms with van der Waals surface area (Å²) in [6.07, 6.45) is -0.0970. The number of benzene rings is 3. The number of aliphatic hydroxyl groups excluding tert-OH is 1. The molecule has 0 saturated carbocycles. The van der Waals surface area contributed by atoms with Crippen molar-refractivity contribution in [2.75, 3.05) is 11.5 Å². The summed E-state index contributed by atoms with van der Waals surface area (Å²) in [5.41, 5.74) is 1.41. The van der Waals surface area contributed by atoms with Crippen LogP contribution in [0.5, 0.6) is 11.5 Å². The number of aliphatic hydroxyl groups is 1. The lowest BCUT2D eigenvalue weighted by atomic mass is 9.94. The van der Waals surface area contributed by atoms with Crippen LogP contribution in [0.1, 0.15) is 43.5 Å². The summed E-state index contributed by atoms with van der Waals surface area (Å²) in [6.45, 7) is 6.00. The van der Waals surface area contributed by atoms with Crippen molar-refractivity contribution in [1.29, 1.82) is 5.26 Å². The molecule has 1 heterocycles. The van der Waals surface area contributed by atoms with Gasteiger partial charge in [-0.1, -0.05) is 23.7 Å². The number of nitrogens with zero attached hydrogens (tertiary/aromatic N) is 2. The first kappa shape index (κ1) is 25.8. The molecule has 3 aromatic rings. The first-order valence-electron chi connectivity index (χ1n) is 11.8. The second kappa shape index (κ2) is 10.8. The lowest BCUT2D eigenvalue weighted by Crippen LogP contribution is -2.29. The number of ketones is 1. The van der Waals surface area contributed by atoms with Gasteiger partial charge in [-0.2, -0.15) is 5.26 Å². The average Bonchev–Trinajstić information content (AvgIpc) is 3.15. The van der Waals surface area contributed by atoms with Crippen LogP contribution in [0.2, 0.25) is 5.02 Å². The van der Waals surface area contributed by atoms with Gasteiger partial charge in [0.25, 0.3) is 11.7 Å². The van der Waals surface area contributed by atoms with Crippen LogP contribution in [0.3, 0.4) is 0 Å². The van der Waals surface area contributed by atoms with Crippen molar-refractivity contribution >= 4 is 34.7 Å². The maximum atomic E-state index is 13.4. The molecule has 1 aliphatic heterocycles. The third kappa shape index (κ3) is 5.16. The Hall–Kier alpha value is -4.28. The molecule has 1 saturated heterocycles. The topological polar surface area (TPSA) is 99.9 Å². The molecular weight excluding hydrogens is 492 g/mol. The van der Waals surface area contributed by atoms with Gasteiger partial charge in [-0.05, 0) is 80.9 Å². The Balaban J connectivity index is 1.94. The highest BCUT2D eigenvalue weighted by molar-refractivity contribution is 6.52. The molecule has 0 spiro atoms. The third-order valence-corrected chi connectivity index (χ3v) is 6.10. The van der Waals surface area contributed by atoms with E-state index in [0.717, 1.165) is 0 Å². The van der Waals surface area contributed by atoms with Crippen molar-refractivity contribution in [1.82, 2.24) is 0 Å². The SMILES string of the molecule is CCOc1ccc(Cl)c(/C(O)=C2\C(=O)C(=O)N(c3ccc(C#N)cc3)C2c2cccc(OC(C)C)c2)c1. The molecule has 3 aromatic carbocycles. The Morgan fingerprint density at radius 3 is 2.46 bits per heavy atom. The molecule has 1 aliphatic rings. The van der Waals surface area contributed by atoms with E-state index in [1.165, 1.54) is 11.0 Å². The van der Waals surface area contributed by atoms with Gasteiger partial charge in [-0.3, -0.25) is 14.5 Å². The summed E-state index contributed by atoms with van der Waals surface area (Å²) in [5.74, 6) is -1.09. The minimum atomic E-state index is -0.976. The fourth-order valence-electron chi connectivity index (χ4n) is 4.23. The number of hydrogen-bond donors (Lipinski definition) is 1. The first-order valence-corrected chi connectivity index (χ1v) is 12.1. The van der Waals surface area contributed by atoms with Crippen LogP contribution in [-0.2, 0) is 9.59 Å². The highest BCUT2D eigenvalue weighted by Gasteiger charge is 2.47. The minimum absolute atomic E-state index is 0.0970. The van der Waals surface area contributed by atoms with E-state index in [9.17, 15) is 20.0 Å². The minimum Gasteiger partial charge on any atom is -0.507 e. The van der Waals surface area contributed by atoms with Crippen molar-refractivity contribution < 1.29 is 24.2 Å². The van der Waals surface area contributed by atoms with Gasteiger partial charge in [-0.25, -0.2) is 0 Å². The van der Waals surface area contributed by atoms with Crippen LogP contribution in [0.15, 0.2) is 72.3 Å². The largest absolute Gasteiger partial charge is 0.507 e. The Labute approximate surface area is 220 Å². The Kier molecular flexibility index (Phi) is 7.51. The van der Waals surface area contributed by atoms with E-state index < -0.39 is 23.5 Å². The monoisotopic (exact) mass is 516 g/mol. The number of carbonyl (C=O) groups is 2. The zero-order chi connectivity index (χ0) is 26.7. The van der Waals surface area contributed by atoms with Crippen molar-refractivity contribution in [3.63, 3.8) is 0 Å². The number of ether oxygens (including phenoxy) is 2. The first-order chi connectivity index (χ1) is 17.7. The van der Waals surface area contributed by atoms with Gasteiger partial charge in [-0.15, -0.1) is 0 Å². The smallest absolute Gasteiger partial charge is 0.300 e. The second-order valence-corrected chi connectivity index (χ2v) is 9.05. The number of hydrogen-bond acceptors (Lipinski definition) is 6. The number of rotatable bonds is 7. The number of anilines is 1. The number of halogens is 1. The molecule has 0 aliphatic carbocycles. The lowest BCUT2D eigenvalue weighted by Gasteiger charge is -2.26.